The van der Waals surface area contributed by atoms with Crippen LogP contribution in [-0.4, -0.2) is 50.2 Å². The molecule has 0 unspecified atom stereocenters. The van der Waals surface area contributed by atoms with Crippen molar-refractivity contribution in [3.63, 3.8) is 0 Å². The van der Waals surface area contributed by atoms with Gasteiger partial charge in [-0.1, -0.05) is 30.3 Å². The molecule has 0 fully saturated rings. The molecule has 1 amide bonds. The number of fused-ring (bicyclic) bond motifs is 1. The zero-order valence-electron chi connectivity index (χ0n) is 18.1. The Morgan fingerprint density at radius 2 is 1.77 bits per heavy atom. The normalized spacial score (nSPS) is 11.3. The number of carbonyl (C=O) groups excluding carboxylic acids is 2. The highest BCUT2D eigenvalue weighted by Gasteiger charge is 2.23. The summed E-state index contributed by atoms with van der Waals surface area (Å²) in [6.45, 7) is 10.1. The number of carbonyl (C=O) groups is 2. The Balaban J connectivity index is 1.93. The largest absolute Gasteiger partial charge is 0.452 e. The second-order valence-corrected chi connectivity index (χ2v) is 7.68. The number of nitrogens with zero attached hydrogens (tertiary/aromatic N) is 4. The fraction of sp³-hybridized carbons (Fsp3) is 0.391. The molecule has 0 saturated heterocycles. The van der Waals surface area contributed by atoms with Gasteiger partial charge in [0.15, 0.2) is 12.3 Å². The maximum absolute atomic E-state index is 12.9. The number of hydrogen-bond donors (Lipinski definition) is 0. The molecule has 0 saturated carbocycles. The van der Waals surface area contributed by atoms with Gasteiger partial charge in [0.2, 0.25) is 0 Å². The Labute approximate surface area is 176 Å². The molecular weight excluding hydrogens is 380 g/mol. The molecule has 0 atom stereocenters. The van der Waals surface area contributed by atoms with Crippen LogP contribution in [0.3, 0.4) is 0 Å². The lowest BCUT2D eigenvalue weighted by molar-refractivity contribution is -0.138. The quantitative estimate of drug-likeness (QED) is 0.554. The van der Waals surface area contributed by atoms with Gasteiger partial charge in [-0.05, 0) is 40.7 Å². The van der Waals surface area contributed by atoms with E-state index in [2.05, 4.69) is 5.10 Å². The van der Waals surface area contributed by atoms with Crippen molar-refractivity contribution in [2.75, 3.05) is 6.61 Å². The van der Waals surface area contributed by atoms with Crippen molar-refractivity contribution in [3.8, 4) is 11.3 Å². The van der Waals surface area contributed by atoms with Gasteiger partial charge in [0.1, 0.15) is 0 Å². The topological polar surface area (TPSA) is 77.3 Å². The molecule has 2 aromatic heterocycles. The number of rotatable bonds is 7. The first-order valence-corrected chi connectivity index (χ1v) is 10.2. The molecule has 3 rings (SSSR count). The van der Waals surface area contributed by atoms with Crippen LogP contribution in [0.2, 0.25) is 0 Å². The van der Waals surface area contributed by atoms with E-state index in [0.717, 1.165) is 5.56 Å². The number of aryl methyl sites for hydroxylation is 1. The maximum Gasteiger partial charge on any atom is 0.339 e. The highest BCUT2D eigenvalue weighted by molar-refractivity contribution is 6.04. The summed E-state index contributed by atoms with van der Waals surface area (Å²) in [5, 5.41) is 4.94. The first-order valence-electron chi connectivity index (χ1n) is 10.2. The van der Waals surface area contributed by atoms with Crippen LogP contribution in [0, 0.1) is 0 Å². The molecule has 7 heteroatoms. The first-order chi connectivity index (χ1) is 14.3. The summed E-state index contributed by atoms with van der Waals surface area (Å²) >= 11 is 0. The summed E-state index contributed by atoms with van der Waals surface area (Å²) in [4.78, 5) is 31.9. The van der Waals surface area contributed by atoms with Gasteiger partial charge in [0, 0.05) is 24.2 Å². The van der Waals surface area contributed by atoms with Gasteiger partial charge in [-0.25, -0.2) is 14.5 Å². The summed E-state index contributed by atoms with van der Waals surface area (Å²) in [6.07, 6.45) is 1.62. The predicted octanol–water partition coefficient (Wildman–Crippen LogP) is 3.92. The lowest BCUT2D eigenvalue weighted by Gasteiger charge is -2.30. The average Bonchev–Trinajstić information content (AvgIpc) is 3.14. The van der Waals surface area contributed by atoms with Crippen molar-refractivity contribution in [3.05, 3.63) is 48.2 Å². The third-order valence-corrected chi connectivity index (χ3v) is 4.93. The van der Waals surface area contributed by atoms with E-state index in [0.29, 0.717) is 28.8 Å². The number of hydrogen-bond acceptors (Lipinski definition) is 5. The third kappa shape index (κ3) is 4.35. The lowest BCUT2D eigenvalue weighted by Crippen LogP contribution is -2.44. The van der Waals surface area contributed by atoms with E-state index >= 15 is 0 Å². The van der Waals surface area contributed by atoms with Crippen molar-refractivity contribution >= 4 is 22.9 Å². The lowest BCUT2D eigenvalue weighted by atomic mass is 10.1. The standard InChI is InChI=1S/C23H28N4O3/c1-6-26-22-19(13-24-26)18(12-20(25-22)17-10-8-7-9-11-17)23(29)30-14-21(28)27(15(2)3)16(4)5/h7-13,15-16H,6,14H2,1-5H3. The Kier molecular flexibility index (Phi) is 6.50. The number of aromatic nitrogens is 3. The van der Waals surface area contributed by atoms with Crippen molar-refractivity contribution in [1.29, 1.82) is 0 Å². The molecule has 0 N–H and O–H groups in total. The van der Waals surface area contributed by atoms with E-state index in [1.54, 1.807) is 21.8 Å². The van der Waals surface area contributed by atoms with Gasteiger partial charge in [-0.3, -0.25) is 4.79 Å². The monoisotopic (exact) mass is 408 g/mol. The molecular formula is C23H28N4O3. The summed E-state index contributed by atoms with van der Waals surface area (Å²) < 4.78 is 7.16. The van der Waals surface area contributed by atoms with E-state index in [1.165, 1.54) is 0 Å². The fourth-order valence-electron chi connectivity index (χ4n) is 3.66. The van der Waals surface area contributed by atoms with Crippen LogP contribution >= 0.6 is 0 Å². The number of amides is 1. The van der Waals surface area contributed by atoms with E-state index in [1.807, 2.05) is 65.0 Å². The highest BCUT2D eigenvalue weighted by Crippen LogP contribution is 2.25. The van der Waals surface area contributed by atoms with Crippen LogP contribution in [0.5, 0.6) is 0 Å². The van der Waals surface area contributed by atoms with E-state index in [-0.39, 0.29) is 24.6 Å². The zero-order chi connectivity index (χ0) is 21.8. The van der Waals surface area contributed by atoms with E-state index in [4.69, 9.17) is 9.72 Å². The van der Waals surface area contributed by atoms with Crippen LogP contribution in [0.25, 0.3) is 22.3 Å². The number of pyridine rings is 1. The summed E-state index contributed by atoms with van der Waals surface area (Å²) in [5.41, 5.74) is 2.51. The van der Waals surface area contributed by atoms with Gasteiger partial charge in [-0.15, -0.1) is 0 Å². The molecule has 0 radical (unpaired) electrons. The maximum atomic E-state index is 12.9. The molecule has 30 heavy (non-hydrogen) atoms. The second-order valence-electron chi connectivity index (χ2n) is 7.68. The average molecular weight is 409 g/mol. The molecule has 0 spiro atoms. The van der Waals surface area contributed by atoms with Gasteiger partial charge in [0.25, 0.3) is 5.91 Å². The molecule has 2 heterocycles. The fourth-order valence-corrected chi connectivity index (χ4v) is 3.66. The van der Waals surface area contributed by atoms with Gasteiger partial charge in [0.05, 0.1) is 22.8 Å². The number of ether oxygens (including phenoxy) is 1. The summed E-state index contributed by atoms with van der Waals surface area (Å²) in [5.74, 6) is -0.776. The molecule has 0 aliphatic rings. The molecule has 0 aliphatic carbocycles. The Morgan fingerprint density at radius 1 is 1.10 bits per heavy atom. The Hall–Kier alpha value is -3.22. The Morgan fingerprint density at radius 3 is 2.37 bits per heavy atom. The van der Waals surface area contributed by atoms with Crippen LogP contribution in [0.1, 0.15) is 45.0 Å². The second kappa shape index (κ2) is 9.07. The molecule has 0 aliphatic heterocycles. The molecule has 7 nitrogen and oxygen atoms in total. The van der Waals surface area contributed by atoms with Crippen molar-refractivity contribution in [2.45, 2.75) is 53.2 Å². The summed E-state index contributed by atoms with van der Waals surface area (Å²) in [6, 6.07) is 11.4. The van der Waals surface area contributed by atoms with Crippen LogP contribution in [0.15, 0.2) is 42.6 Å². The Bertz CT molecular complexity index is 1030. The van der Waals surface area contributed by atoms with Crippen LogP contribution < -0.4 is 0 Å². The predicted molar refractivity (Wildman–Crippen MR) is 116 cm³/mol. The van der Waals surface area contributed by atoms with Gasteiger partial charge < -0.3 is 9.64 Å². The minimum atomic E-state index is -0.559. The number of esters is 1. The van der Waals surface area contributed by atoms with Crippen LogP contribution in [-0.2, 0) is 16.1 Å². The first kappa shape index (κ1) is 21.5. The minimum absolute atomic E-state index is 0.0244. The molecule has 1 aromatic carbocycles. The van der Waals surface area contributed by atoms with Crippen molar-refractivity contribution < 1.29 is 14.3 Å². The van der Waals surface area contributed by atoms with Crippen LogP contribution in [0.4, 0.5) is 0 Å². The molecule has 3 aromatic rings. The SMILES string of the molecule is CCn1ncc2c(C(=O)OCC(=O)N(C(C)C)C(C)C)cc(-c3ccccc3)nc21. The van der Waals surface area contributed by atoms with Gasteiger partial charge >= 0.3 is 5.97 Å². The molecule has 158 valence electrons. The van der Waals surface area contributed by atoms with E-state index < -0.39 is 5.97 Å². The zero-order valence-corrected chi connectivity index (χ0v) is 18.1. The molecule has 0 bridgehead atoms. The highest BCUT2D eigenvalue weighted by atomic mass is 16.5. The van der Waals surface area contributed by atoms with E-state index in [9.17, 15) is 9.59 Å². The smallest absolute Gasteiger partial charge is 0.339 e. The van der Waals surface area contributed by atoms with Crippen molar-refractivity contribution in [1.82, 2.24) is 19.7 Å². The van der Waals surface area contributed by atoms with Crippen molar-refractivity contribution in [2.24, 2.45) is 0 Å². The third-order valence-electron chi connectivity index (χ3n) is 4.93. The minimum Gasteiger partial charge on any atom is -0.452 e. The number of benzene rings is 1. The van der Waals surface area contributed by atoms with Gasteiger partial charge in [-0.2, -0.15) is 5.10 Å². The summed E-state index contributed by atoms with van der Waals surface area (Å²) in [7, 11) is 0.